The first kappa shape index (κ1) is 15.8. The number of hydrogen-bond donors (Lipinski definition) is 1. The van der Waals surface area contributed by atoms with Crippen LogP contribution in [0, 0.1) is 0 Å². The van der Waals surface area contributed by atoms with Crippen LogP contribution in [0.1, 0.15) is 30.3 Å². The van der Waals surface area contributed by atoms with Crippen molar-refractivity contribution in [3.8, 4) is 0 Å². The molecule has 0 spiro atoms. The van der Waals surface area contributed by atoms with Gasteiger partial charge < -0.3 is 14.5 Å². The first-order valence-corrected chi connectivity index (χ1v) is 8.96. The smallest absolute Gasteiger partial charge is 0.287 e. The second-order valence-electron chi connectivity index (χ2n) is 4.86. The van der Waals surface area contributed by atoms with Gasteiger partial charge in [0.25, 0.3) is 15.0 Å². The molecule has 1 N–H and O–H groups in total. The quantitative estimate of drug-likeness (QED) is 0.805. The largest absolute Gasteiger partial charge is 0.443 e. The lowest BCUT2D eigenvalue weighted by Gasteiger charge is -2.33. The maximum Gasteiger partial charge on any atom is 0.287 e. The second-order valence-corrected chi connectivity index (χ2v) is 8.11. The van der Waals surface area contributed by atoms with Crippen LogP contribution in [0.5, 0.6) is 0 Å². The van der Waals surface area contributed by atoms with Crippen LogP contribution < -0.4 is 5.32 Å². The highest BCUT2D eigenvalue weighted by Crippen LogP contribution is 2.29. The van der Waals surface area contributed by atoms with E-state index in [1.807, 2.05) is 6.92 Å². The van der Waals surface area contributed by atoms with Gasteiger partial charge in [-0.15, -0.1) is 0 Å². The summed E-state index contributed by atoms with van der Waals surface area (Å²) < 4.78 is 32.9. The first-order chi connectivity index (χ1) is 9.21. The summed E-state index contributed by atoms with van der Waals surface area (Å²) in [5.74, 6) is -0.631. The molecular weight excluding hydrogens is 374 g/mol. The number of rotatable bonds is 3. The van der Waals surface area contributed by atoms with E-state index in [4.69, 9.17) is 19.8 Å². The van der Waals surface area contributed by atoms with Crippen LogP contribution in [-0.2, 0) is 13.8 Å². The van der Waals surface area contributed by atoms with Gasteiger partial charge in [-0.2, -0.15) is 0 Å². The van der Waals surface area contributed by atoms with Crippen molar-refractivity contribution in [1.82, 2.24) is 5.32 Å². The summed E-state index contributed by atoms with van der Waals surface area (Å²) in [6.07, 6.45) is 1.63. The Labute approximate surface area is 129 Å². The van der Waals surface area contributed by atoms with Crippen LogP contribution in [0.2, 0.25) is 0 Å². The van der Waals surface area contributed by atoms with Crippen molar-refractivity contribution < 1.29 is 22.4 Å². The molecule has 0 saturated carbocycles. The zero-order valence-corrected chi connectivity index (χ0v) is 13.8. The van der Waals surface area contributed by atoms with Crippen molar-refractivity contribution in [2.75, 3.05) is 13.2 Å². The highest BCUT2D eigenvalue weighted by Gasteiger charge is 2.31. The standard InChI is InChI=1S/C11H13BrClNO5S/c1-11(3-2-4-18-6-11)14-10(15)7-5-8(9(12)19-7)20(13,16)17/h5H,2-4,6H2,1H3,(H,14,15). The lowest BCUT2D eigenvalue weighted by Crippen LogP contribution is -2.51. The average molecular weight is 387 g/mol. The molecule has 0 radical (unpaired) electrons. The molecule has 1 aliphatic rings. The lowest BCUT2D eigenvalue weighted by molar-refractivity contribution is 0.0265. The number of carbonyl (C=O) groups is 1. The highest BCUT2D eigenvalue weighted by atomic mass is 79.9. The summed E-state index contributed by atoms with van der Waals surface area (Å²) in [6.45, 7) is 2.94. The van der Waals surface area contributed by atoms with Crippen LogP contribution in [0.25, 0.3) is 0 Å². The van der Waals surface area contributed by atoms with Gasteiger partial charge in [0, 0.05) is 23.4 Å². The lowest BCUT2D eigenvalue weighted by atomic mass is 9.95. The molecule has 0 aromatic carbocycles. The van der Waals surface area contributed by atoms with Gasteiger partial charge in [-0.1, -0.05) is 0 Å². The maximum atomic E-state index is 12.1. The fourth-order valence-corrected chi connectivity index (χ4v) is 4.03. The number of halogens is 2. The fourth-order valence-electron chi connectivity index (χ4n) is 2.00. The third-order valence-corrected chi connectivity index (χ3v) is 5.17. The molecule has 1 aromatic heterocycles. The minimum absolute atomic E-state index is 0.0947. The Morgan fingerprint density at radius 2 is 2.25 bits per heavy atom. The molecule has 2 rings (SSSR count). The summed E-state index contributed by atoms with van der Waals surface area (Å²) in [5.41, 5.74) is -0.491. The predicted octanol–water partition coefficient (Wildman–Crippen LogP) is 2.27. The SMILES string of the molecule is CC1(NC(=O)c2cc(S(=O)(=O)Cl)c(Br)o2)CCCOC1. The summed E-state index contributed by atoms with van der Waals surface area (Å²) in [6, 6.07) is 1.09. The maximum absolute atomic E-state index is 12.1. The minimum Gasteiger partial charge on any atom is -0.443 e. The molecule has 1 atom stereocenters. The van der Waals surface area contributed by atoms with Crippen molar-refractivity contribution >= 4 is 41.6 Å². The molecule has 20 heavy (non-hydrogen) atoms. The van der Waals surface area contributed by atoms with E-state index in [-0.39, 0.29) is 15.3 Å². The molecule has 0 aliphatic carbocycles. The van der Waals surface area contributed by atoms with Gasteiger partial charge in [0.1, 0.15) is 4.90 Å². The van der Waals surface area contributed by atoms with Gasteiger partial charge in [-0.3, -0.25) is 4.79 Å². The number of hydrogen-bond acceptors (Lipinski definition) is 5. The van der Waals surface area contributed by atoms with E-state index in [1.165, 1.54) is 0 Å². The number of nitrogens with one attached hydrogen (secondary N) is 1. The topological polar surface area (TPSA) is 85.6 Å². The van der Waals surface area contributed by atoms with Gasteiger partial charge in [0.05, 0.1) is 12.1 Å². The van der Waals surface area contributed by atoms with Gasteiger partial charge in [0.2, 0.25) is 0 Å². The normalized spacial score (nSPS) is 23.6. The van der Waals surface area contributed by atoms with E-state index in [1.54, 1.807) is 0 Å². The van der Waals surface area contributed by atoms with E-state index < -0.39 is 20.5 Å². The van der Waals surface area contributed by atoms with Crippen molar-refractivity contribution in [2.24, 2.45) is 0 Å². The predicted molar refractivity (Wildman–Crippen MR) is 75.4 cm³/mol. The third kappa shape index (κ3) is 3.55. The number of furan rings is 1. The molecule has 6 nitrogen and oxygen atoms in total. The van der Waals surface area contributed by atoms with Crippen molar-refractivity contribution in [3.05, 3.63) is 16.5 Å². The Kier molecular flexibility index (Phi) is 4.48. The monoisotopic (exact) mass is 385 g/mol. The summed E-state index contributed by atoms with van der Waals surface area (Å²) >= 11 is 2.92. The molecule has 112 valence electrons. The molecule has 0 bridgehead atoms. The minimum atomic E-state index is -3.97. The number of ether oxygens (including phenoxy) is 1. The number of amides is 1. The van der Waals surface area contributed by atoms with Gasteiger partial charge in [-0.05, 0) is 35.7 Å². The van der Waals surface area contributed by atoms with Crippen LogP contribution in [0.4, 0.5) is 0 Å². The molecular formula is C11H13BrClNO5S. The van der Waals surface area contributed by atoms with Crippen molar-refractivity contribution in [2.45, 2.75) is 30.2 Å². The van der Waals surface area contributed by atoms with Gasteiger partial charge in [0.15, 0.2) is 10.4 Å². The Balaban J connectivity index is 2.18. The van der Waals surface area contributed by atoms with E-state index in [0.717, 1.165) is 18.9 Å². The molecule has 1 unspecified atom stereocenters. The van der Waals surface area contributed by atoms with Crippen LogP contribution in [-0.4, -0.2) is 33.1 Å². The molecule has 1 aliphatic heterocycles. The van der Waals surface area contributed by atoms with E-state index >= 15 is 0 Å². The molecule has 1 aromatic rings. The Hall–Kier alpha value is -0.570. The summed E-state index contributed by atoms with van der Waals surface area (Å²) in [7, 11) is 1.26. The highest BCUT2D eigenvalue weighted by molar-refractivity contribution is 9.10. The fraction of sp³-hybridized carbons (Fsp3) is 0.545. The molecule has 1 saturated heterocycles. The van der Waals surface area contributed by atoms with Crippen LogP contribution in [0.3, 0.4) is 0 Å². The zero-order chi connectivity index (χ0) is 15.0. The Morgan fingerprint density at radius 3 is 2.75 bits per heavy atom. The van der Waals surface area contributed by atoms with Crippen molar-refractivity contribution in [1.29, 1.82) is 0 Å². The van der Waals surface area contributed by atoms with Crippen molar-refractivity contribution in [3.63, 3.8) is 0 Å². The van der Waals surface area contributed by atoms with Crippen LogP contribution >= 0.6 is 26.6 Å². The summed E-state index contributed by atoms with van der Waals surface area (Å²) in [5, 5.41) is 2.79. The zero-order valence-electron chi connectivity index (χ0n) is 10.6. The van der Waals surface area contributed by atoms with E-state index in [2.05, 4.69) is 21.2 Å². The third-order valence-electron chi connectivity index (χ3n) is 3.00. The summed E-state index contributed by atoms with van der Waals surface area (Å²) in [4.78, 5) is 11.8. The molecule has 1 amide bonds. The molecule has 9 heteroatoms. The van der Waals surface area contributed by atoms with E-state index in [9.17, 15) is 13.2 Å². The second kappa shape index (κ2) is 5.67. The first-order valence-electron chi connectivity index (χ1n) is 5.85. The molecule has 1 fully saturated rings. The van der Waals surface area contributed by atoms with Crippen LogP contribution in [0.15, 0.2) is 20.0 Å². The number of carbonyl (C=O) groups excluding carboxylic acids is 1. The van der Waals surface area contributed by atoms with Gasteiger partial charge in [-0.25, -0.2) is 8.42 Å². The Morgan fingerprint density at radius 1 is 1.55 bits per heavy atom. The van der Waals surface area contributed by atoms with E-state index in [0.29, 0.717) is 13.2 Å². The Bertz CT molecular complexity index is 621. The van der Waals surface area contributed by atoms with Gasteiger partial charge >= 0.3 is 0 Å². The average Bonchev–Trinajstić information content (AvgIpc) is 2.71. The molecule has 2 heterocycles.